The van der Waals surface area contributed by atoms with Crippen LogP contribution in [0.4, 0.5) is 5.69 Å². The van der Waals surface area contributed by atoms with Crippen LogP contribution in [-0.2, 0) is 0 Å². The summed E-state index contributed by atoms with van der Waals surface area (Å²) in [5, 5.41) is 4.18. The molecule has 3 rings (SSSR count). The van der Waals surface area contributed by atoms with E-state index in [0.717, 1.165) is 14.9 Å². The van der Waals surface area contributed by atoms with Crippen LogP contribution in [0.3, 0.4) is 0 Å². The Kier molecular flexibility index (Phi) is 2.93. The van der Waals surface area contributed by atoms with Crippen LogP contribution >= 0.6 is 20.3 Å². The van der Waals surface area contributed by atoms with Gasteiger partial charge in [0.1, 0.15) is 0 Å². The van der Waals surface area contributed by atoms with Crippen molar-refractivity contribution in [2.75, 3.05) is 11.6 Å². The van der Waals surface area contributed by atoms with Crippen LogP contribution in [0.25, 0.3) is 0 Å². The highest BCUT2D eigenvalue weighted by Crippen LogP contribution is 2.55. The molecule has 1 unspecified atom stereocenters. The summed E-state index contributed by atoms with van der Waals surface area (Å²) in [6.07, 6.45) is 0.974. The van der Waals surface area contributed by atoms with Crippen molar-refractivity contribution in [1.82, 2.24) is 4.81 Å². The predicted octanol–water partition coefficient (Wildman–Crippen LogP) is 2.98. The van der Waals surface area contributed by atoms with Gasteiger partial charge in [-0.2, -0.15) is 0 Å². The van der Waals surface area contributed by atoms with Gasteiger partial charge in [0.15, 0.2) is 7.98 Å². The lowest BCUT2D eigenvalue weighted by molar-refractivity contribution is 0.394. The van der Waals surface area contributed by atoms with E-state index in [1.807, 2.05) is 16.6 Å². The van der Waals surface area contributed by atoms with E-state index in [2.05, 4.69) is 43.4 Å². The maximum Gasteiger partial charge on any atom is 0.184 e. The van der Waals surface area contributed by atoms with E-state index in [1.165, 1.54) is 11.3 Å². The minimum atomic E-state index is 0.00550. The molecule has 0 amide bonds. The summed E-state index contributed by atoms with van der Waals surface area (Å²) in [6, 6.07) is 8.66. The predicted molar refractivity (Wildman–Crippen MR) is 79.0 cm³/mol. The van der Waals surface area contributed by atoms with Crippen molar-refractivity contribution in [2.24, 2.45) is 0 Å². The highest BCUT2D eigenvalue weighted by Gasteiger charge is 2.40. The first-order valence-electron chi connectivity index (χ1n) is 5.87. The quantitative estimate of drug-likeness (QED) is 0.571. The van der Waals surface area contributed by atoms with Gasteiger partial charge in [0.05, 0.1) is 15.9 Å². The van der Waals surface area contributed by atoms with Crippen LogP contribution < -0.4 is 5.32 Å². The average Bonchev–Trinajstić information content (AvgIpc) is 2.59. The Balaban J connectivity index is 1.96. The maximum atomic E-state index is 6.13. The molecule has 2 aliphatic rings. The smallest absolute Gasteiger partial charge is 0.184 e. The number of para-hydroxylation sites is 1. The largest absolute Gasteiger partial charge is 0.377 e. The molecule has 1 aromatic rings. The molecule has 5 heteroatoms. The van der Waals surface area contributed by atoms with Crippen molar-refractivity contribution in [3.05, 3.63) is 29.8 Å². The zero-order valence-corrected chi connectivity index (χ0v) is 11.9. The van der Waals surface area contributed by atoms with Gasteiger partial charge in [0.25, 0.3) is 0 Å². The van der Waals surface area contributed by atoms with Crippen molar-refractivity contribution >= 4 is 34.0 Å². The minimum Gasteiger partial charge on any atom is -0.377 e. The Bertz CT molecular complexity index is 440. The number of hydrogen-bond donors (Lipinski definition) is 1. The van der Waals surface area contributed by atoms with E-state index in [4.69, 9.17) is 7.98 Å². The standard InChI is InChI=1S/C12H16BN2PS/c1-12(2)15(13)7-16-11-10(17-12)8-5-3-4-6-9(8)14-11/h3-6,10-11,14,16H,7H2,1-2H3/t10-,11-/m0/s1. The van der Waals surface area contributed by atoms with Crippen molar-refractivity contribution in [3.8, 4) is 0 Å². The number of anilines is 1. The summed E-state index contributed by atoms with van der Waals surface area (Å²) < 4.78 is 0. The third kappa shape index (κ3) is 2.01. The van der Waals surface area contributed by atoms with Crippen LogP contribution in [0.5, 0.6) is 0 Å². The van der Waals surface area contributed by atoms with Gasteiger partial charge in [-0.1, -0.05) is 26.8 Å². The van der Waals surface area contributed by atoms with Gasteiger partial charge < -0.3 is 10.1 Å². The van der Waals surface area contributed by atoms with Crippen LogP contribution in [0, 0.1) is 0 Å². The topological polar surface area (TPSA) is 15.3 Å². The number of benzene rings is 1. The van der Waals surface area contributed by atoms with E-state index in [1.54, 1.807) is 0 Å². The molecule has 1 fully saturated rings. The fourth-order valence-corrected chi connectivity index (χ4v) is 5.76. The summed E-state index contributed by atoms with van der Waals surface area (Å²) in [5.74, 6) is 0.547. The number of nitrogens with zero attached hydrogens (tertiary/aromatic N) is 1. The summed E-state index contributed by atoms with van der Waals surface area (Å²) in [4.78, 5) is 1.99. The fourth-order valence-electron chi connectivity index (χ4n) is 2.35. The Morgan fingerprint density at radius 1 is 1.47 bits per heavy atom. The zero-order valence-electron chi connectivity index (χ0n) is 10.1. The number of nitrogens with one attached hydrogen (secondary N) is 1. The number of rotatable bonds is 0. The first kappa shape index (κ1) is 11.9. The second kappa shape index (κ2) is 4.19. The van der Waals surface area contributed by atoms with Crippen molar-refractivity contribution in [3.63, 3.8) is 0 Å². The van der Waals surface area contributed by atoms with Gasteiger partial charge in [-0.3, -0.25) is 0 Å². The molecule has 0 saturated carbocycles. The molecule has 2 nitrogen and oxygen atoms in total. The second-order valence-electron chi connectivity index (χ2n) is 5.03. The average molecular weight is 262 g/mol. The molecule has 1 aromatic carbocycles. The molecule has 0 aliphatic carbocycles. The Morgan fingerprint density at radius 3 is 3.06 bits per heavy atom. The van der Waals surface area contributed by atoms with Gasteiger partial charge in [-0.15, -0.1) is 11.8 Å². The molecular weight excluding hydrogens is 246 g/mol. The van der Waals surface area contributed by atoms with Gasteiger partial charge in [0, 0.05) is 12.0 Å². The van der Waals surface area contributed by atoms with E-state index < -0.39 is 0 Å². The second-order valence-corrected chi connectivity index (χ2v) is 8.12. The lowest BCUT2D eigenvalue weighted by Gasteiger charge is -2.35. The van der Waals surface area contributed by atoms with E-state index >= 15 is 0 Å². The number of hydrogen-bond acceptors (Lipinski definition) is 3. The zero-order chi connectivity index (χ0) is 12.0. The first-order valence-corrected chi connectivity index (χ1v) is 8.03. The van der Waals surface area contributed by atoms with Gasteiger partial charge >= 0.3 is 0 Å². The third-order valence-electron chi connectivity index (χ3n) is 3.47. The first-order chi connectivity index (χ1) is 8.08. The molecule has 0 aromatic heterocycles. The highest BCUT2D eigenvalue weighted by atomic mass is 32.2. The van der Waals surface area contributed by atoms with Gasteiger partial charge in [0.2, 0.25) is 0 Å². The summed E-state index contributed by atoms with van der Waals surface area (Å²) in [6.45, 7) is 4.43. The lowest BCUT2D eigenvalue weighted by Crippen LogP contribution is -2.38. The SMILES string of the molecule is [B]N1CP[C@@H]2Nc3ccccc3[C@@H]2SC1(C)C. The van der Waals surface area contributed by atoms with Gasteiger partial charge in [-0.25, -0.2) is 0 Å². The molecule has 88 valence electrons. The molecule has 0 spiro atoms. The molecule has 1 saturated heterocycles. The third-order valence-corrected chi connectivity index (χ3v) is 6.74. The van der Waals surface area contributed by atoms with Gasteiger partial charge in [-0.05, 0) is 25.5 Å². The van der Waals surface area contributed by atoms with Crippen molar-refractivity contribution in [2.45, 2.75) is 29.8 Å². The highest BCUT2D eigenvalue weighted by molar-refractivity contribution is 8.01. The molecule has 3 atom stereocenters. The molecule has 17 heavy (non-hydrogen) atoms. The summed E-state index contributed by atoms with van der Waals surface area (Å²) in [5.41, 5.74) is 2.75. The Morgan fingerprint density at radius 2 is 2.24 bits per heavy atom. The van der Waals surface area contributed by atoms with Crippen molar-refractivity contribution in [1.29, 1.82) is 0 Å². The molecule has 2 aliphatic heterocycles. The van der Waals surface area contributed by atoms with E-state index in [9.17, 15) is 0 Å². The fraction of sp³-hybridized carbons (Fsp3) is 0.500. The number of thioether (sulfide) groups is 1. The lowest BCUT2D eigenvalue weighted by atomic mass is 10.2. The van der Waals surface area contributed by atoms with E-state index in [-0.39, 0.29) is 4.87 Å². The molecule has 1 N–H and O–H groups in total. The maximum absolute atomic E-state index is 6.13. The van der Waals surface area contributed by atoms with Crippen LogP contribution in [0.1, 0.15) is 24.7 Å². The minimum absolute atomic E-state index is 0.00550. The van der Waals surface area contributed by atoms with Crippen LogP contribution in [0.15, 0.2) is 24.3 Å². The molecular formula is C12H16BN2PS. The number of fused-ring (bicyclic) bond motifs is 3. The van der Waals surface area contributed by atoms with Crippen LogP contribution in [0.2, 0.25) is 0 Å². The van der Waals surface area contributed by atoms with Crippen molar-refractivity contribution < 1.29 is 0 Å². The normalized spacial score (nSPS) is 32.6. The monoisotopic (exact) mass is 262 g/mol. The molecule has 2 heterocycles. The van der Waals surface area contributed by atoms with E-state index in [0.29, 0.717) is 11.0 Å². The summed E-state index contributed by atoms with van der Waals surface area (Å²) >= 11 is 1.98. The van der Waals surface area contributed by atoms with Crippen LogP contribution in [-0.4, -0.2) is 29.7 Å². The molecule has 0 bridgehead atoms. The summed E-state index contributed by atoms with van der Waals surface area (Å²) in [7, 11) is 6.97. The molecule has 2 radical (unpaired) electrons. The Labute approximate surface area is 110 Å². The Hall–Kier alpha value is -0.175.